The van der Waals surface area contributed by atoms with Crippen LogP contribution in [-0.4, -0.2) is 17.0 Å². The van der Waals surface area contributed by atoms with Gasteiger partial charge in [-0.25, -0.2) is 9.97 Å². The highest BCUT2D eigenvalue weighted by atomic mass is 16.5. The zero-order chi connectivity index (χ0) is 13.7. The van der Waals surface area contributed by atoms with Crippen molar-refractivity contribution < 1.29 is 4.74 Å². The van der Waals surface area contributed by atoms with Gasteiger partial charge in [-0.3, -0.25) is 0 Å². The van der Waals surface area contributed by atoms with Gasteiger partial charge < -0.3 is 10.1 Å². The molecule has 1 aromatic heterocycles. The molecule has 0 saturated heterocycles. The van der Waals surface area contributed by atoms with E-state index in [0.29, 0.717) is 18.5 Å². The molecule has 0 aliphatic carbocycles. The van der Waals surface area contributed by atoms with Crippen molar-refractivity contribution in [3.8, 4) is 5.75 Å². The molecule has 0 aliphatic rings. The zero-order valence-electron chi connectivity index (χ0n) is 11.6. The minimum Gasteiger partial charge on any atom is -0.485 e. The molecule has 1 N–H and O–H groups in total. The van der Waals surface area contributed by atoms with E-state index in [-0.39, 0.29) is 0 Å². The molecule has 1 unspecified atom stereocenters. The number of hydrogen-bond donors (Lipinski definition) is 1. The summed E-state index contributed by atoms with van der Waals surface area (Å²) in [4.78, 5) is 8.27. The third-order valence-corrected chi connectivity index (χ3v) is 3.11. The highest BCUT2D eigenvalue weighted by Gasteiger charge is 2.06. The van der Waals surface area contributed by atoms with E-state index in [1.54, 1.807) is 18.5 Å². The number of hydrogen-bond acceptors (Lipinski definition) is 4. The molecule has 0 aliphatic heterocycles. The van der Waals surface area contributed by atoms with Gasteiger partial charge in [0.1, 0.15) is 12.4 Å². The lowest BCUT2D eigenvalue weighted by Gasteiger charge is -2.14. The van der Waals surface area contributed by atoms with Crippen molar-refractivity contribution in [3.63, 3.8) is 0 Å². The number of rotatable bonds is 5. The smallest absolute Gasteiger partial charge is 0.166 e. The Bertz CT molecular complexity index is 528. The van der Waals surface area contributed by atoms with Crippen LogP contribution in [0.1, 0.15) is 29.9 Å². The normalized spacial score (nSPS) is 12.2. The van der Waals surface area contributed by atoms with Crippen LogP contribution in [0.25, 0.3) is 0 Å². The first-order valence-electron chi connectivity index (χ1n) is 6.37. The van der Waals surface area contributed by atoms with Gasteiger partial charge >= 0.3 is 0 Å². The van der Waals surface area contributed by atoms with Crippen molar-refractivity contribution in [3.05, 3.63) is 53.6 Å². The van der Waals surface area contributed by atoms with Crippen LogP contribution in [0.4, 0.5) is 0 Å². The minimum atomic E-state index is 0.338. The second kappa shape index (κ2) is 6.29. The van der Waals surface area contributed by atoms with Gasteiger partial charge in [-0.1, -0.05) is 12.1 Å². The molecule has 4 nitrogen and oxygen atoms in total. The fraction of sp³-hybridized carbons (Fsp3) is 0.333. The first-order valence-corrected chi connectivity index (χ1v) is 6.37. The maximum absolute atomic E-state index is 5.75. The molecule has 0 spiro atoms. The summed E-state index contributed by atoms with van der Waals surface area (Å²) in [7, 11) is 1.96. The lowest BCUT2D eigenvalue weighted by Crippen LogP contribution is -2.12. The number of ether oxygens (including phenoxy) is 1. The lowest BCUT2D eigenvalue weighted by atomic mass is 10.1. The van der Waals surface area contributed by atoms with E-state index in [1.807, 2.05) is 20.0 Å². The summed E-state index contributed by atoms with van der Waals surface area (Å²) in [5.74, 6) is 1.56. The summed E-state index contributed by atoms with van der Waals surface area (Å²) in [5, 5.41) is 3.22. The van der Waals surface area contributed by atoms with Gasteiger partial charge in [0.05, 0.1) is 0 Å². The molecule has 0 bridgehead atoms. The van der Waals surface area contributed by atoms with Crippen LogP contribution >= 0.6 is 0 Å². The van der Waals surface area contributed by atoms with Crippen molar-refractivity contribution in [2.45, 2.75) is 26.5 Å². The number of benzene rings is 1. The molecule has 1 heterocycles. The number of aryl methyl sites for hydroxylation is 1. The second-order valence-electron chi connectivity index (χ2n) is 4.49. The van der Waals surface area contributed by atoms with Crippen LogP contribution in [-0.2, 0) is 6.61 Å². The van der Waals surface area contributed by atoms with Crippen LogP contribution in [0.15, 0.2) is 36.7 Å². The molecular weight excluding hydrogens is 238 g/mol. The van der Waals surface area contributed by atoms with Gasteiger partial charge in [-0.2, -0.15) is 0 Å². The van der Waals surface area contributed by atoms with E-state index >= 15 is 0 Å². The average molecular weight is 257 g/mol. The van der Waals surface area contributed by atoms with Gasteiger partial charge in [0, 0.05) is 18.4 Å². The lowest BCUT2D eigenvalue weighted by molar-refractivity contribution is 0.293. The van der Waals surface area contributed by atoms with Crippen molar-refractivity contribution in [2.75, 3.05) is 7.05 Å². The van der Waals surface area contributed by atoms with Gasteiger partial charge in [0.15, 0.2) is 5.82 Å². The number of nitrogens with zero attached hydrogens (tertiary/aromatic N) is 2. The molecule has 0 amide bonds. The first-order chi connectivity index (χ1) is 9.20. The maximum Gasteiger partial charge on any atom is 0.166 e. The van der Waals surface area contributed by atoms with Crippen molar-refractivity contribution >= 4 is 0 Å². The summed E-state index contributed by atoms with van der Waals surface area (Å²) in [6.07, 6.45) is 3.44. The topological polar surface area (TPSA) is 47.0 Å². The molecule has 0 saturated carbocycles. The Hall–Kier alpha value is -1.94. The standard InChI is InChI=1S/C15H19N3O/c1-11-9-13(12(2)16-3)5-6-14(11)19-10-15-17-7-4-8-18-15/h4-9,12,16H,10H2,1-3H3. The molecule has 1 atom stereocenters. The van der Waals surface area contributed by atoms with Gasteiger partial charge in [0.2, 0.25) is 0 Å². The quantitative estimate of drug-likeness (QED) is 0.894. The predicted octanol–water partition coefficient (Wildman–Crippen LogP) is 2.64. The Morgan fingerprint density at radius 3 is 2.63 bits per heavy atom. The van der Waals surface area contributed by atoms with E-state index in [1.165, 1.54) is 5.56 Å². The predicted molar refractivity (Wildman–Crippen MR) is 75.0 cm³/mol. The average Bonchev–Trinajstić information content (AvgIpc) is 2.46. The number of nitrogens with one attached hydrogen (secondary N) is 1. The van der Waals surface area contributed by atoms with Gasteiger partial charge in [0.25, 0.3) is 0 Å². The Morgan fingerprint density at radius 2 is 2.00 bits per heavy atom. The third kappa shape index (κ3) is 3.51. The third-order valence-electron chi connectivity index (χ3n) is 3.11. The Balaban J connectivity index is 2.05. The Kier molecular flexibility index (Phi) is 4.47. The van der Waals surface area contributed by atoms with E-state index < -0.39 is 0 Å². The van der Waals surface area contributed by atoms with Crippen LogP contribution in [0, 0.1) is 6.92 Å². The SMILES string of the molecule is CNC(C)c1ccc(OCc2ncccn2)c(C)c1. The van der Waals surface area contributed by atoms with Gasteiger partial charge in [-0.15, -0.1) is 0 Å². The molecule has 4 heteroatoms. The van der Waals surface area contributed by atoms with Crippen LogP contribution in [0.2, 0.25) is 0 Å². The fourth-order valence-electron chi connectivity index (χ4n) is 1.82. The monoisotopic (exact) mass is 257 g/mol. The highest BCUT2D eigenvalue weighted by Crippen LogP contribution is 2.23. The van der Waals surface area contributed by atoms with Crippen LogP contribution in [0.5, 0.6) is 5.75 Å². The van der Waals surface area contributed by atoms with Crippen molar-refractivity contribution in [1.29, 1.82) is 0 Å². The summed E-state index contributed by atoms with van der Waals surface area (Å²) in [5.41, 5.74) is 2.37. The van der Waals surface area contributed by atoms with Crippen molar-refractivity contribution in [2.24, 2.45) is 0 Å². The molecular formula is C15H19N3O. The first kappa shape index (κ1) is 13.5. The molecule has 0 radical (unpaired) electrons. The molecule has 0 fully saturated rings. The Morgan fingerprint density at radius 1 is 1.26 bits per heavy atom. The summed E-state index contributed by atoms with van der Waals surface area (Å²) < 4.78 is 5.75. The highest BCUT2D eigenvalue weighted by molar-refractivity contribution is 5.37. The largest absolute Gasteiger partial charge is 0.485 e. The second-order valence-corrected chi connectivity index (χ2v) is 4.49. The van der Waals surface area contributed by atoms with Crippen LogP contribution < -0.4 is 10.1 Å². The Labute approximate surface area is 113 Å². The molecule has 1 aromatic carbocycles. The minimum absolute atomic E-state index is 0.338. The van der Waals surface area contributed by atoms with Crippen molar-refractivity contribution in [1.82, 2.24) is 15.3 Å². The molecule has 100 valence electrons. The molecule has 2 aromatic rings. The van der Waals surface area contributed by atoms with E-state index in [4.69, 9.17) is 4.74 Å². The van der Waals surface area contributed by atoms with E-state index in [0.717, 1.165) is 11.3 Å². The summed E-state index contributed by atoms with van der Waals surface area (Å²) >= 11 is 0. The summed E-state index contributed by atoms with van der Waals surface area (Å²) in [6, 6.07) is 8.35. The number of aromatic nitrogens is 2. The van der Waals surface area contributed by atoms with E-state index in [9.17, 15) is 0 Å². The zero-order valence-corrected chi connectivity index (χ0v) is 11.6. The van der Waals surface area contributed by atoms with E-state index in [2.05, 4.69) is 34.3 Å². The van der Waals surface area contributed by atoms with Gasteiger partial charge in [-0.05, 0) is 44.2 Å². The summed E-state index contributed by atoms with van der Waals surface area (Å²) in [6.45, 7) is 4.57. The van der Waals surface area contributed by atoms with Crippen LogP contribution in [0.3, 0.4) is 0 Å². The maximum atomic E-state index is 5.75. The fourth-order valence-corrected chi connectivity index (χ4v) is 1.82. The molecule has 19 heavy (non-hydrogen) atoms. The molecule has 2 rings (SSSR count).